The average Bonchev–Trinajstić information content (AvgIpc) is 3.30. The van der Waals surface area contributed by atoms with Gasteiger partial charge in [0.1, 0.15) is 5.58 Å². The molecule has 33 heavy (non-hydrogen) atoms. The third-order valence-electron chi connectivity index (χ3n) is 5.91. The highest BCUT2D eigenvalue weighted by atomic mass is 16.5. The van der Waals surface area contributed by atoms with Crippen LogP contribution in [-0.4, -0.2) is 69.1 Å². The quantitative estimate of drug-likeness (QED) is 0.547. The van der Waals surface area contributed by atoms with Crippen molar-refractivity contribution >= 4 is 22.8 Å². The highest BCUT2D eigenvalue weighted by Gasteiger charge is 2.26. The van der Waals surface area contributed by atoms with Crippen molar-refractivity contribution in [3.8, 4) is 17.2 Å². The van der Waals surface area contributed by atoms with Gasteiger partial charge in [0.2, 0.25) is 11.7 Å². The van der Waals surface area contributed by atoms with Gasteiger partial charge in [-0.05, 0) is 36.2 Å². The Bertz CT molecular complexity index is 1090. The Morgan fingerprint density at radius 1 is 0.879 bits per heavy atom. The number of furan rings is 1. The van der Waals surface area contributed by atoms with Crippen molar-refractivity contribution in [2.45, 2.75) is 12.8 Å². The molecule has 1 fully saturated rings. The number of carbonyl (C=O) groups is 2. The number of ether oxygens (including phenoxy) is 3. The molecule has 0 spiro atoms. The van der Waals surface area contributed by atoms with Gasteiger partial charge in [-0.15, -0.1) is 0 Å². The molecule has 4 rings (SSSR count). The van der Waals surface area contributed by atoms with Crippen LogP contribution in [-0.2, 0) is 11.2 Å². The molecule has 1 aliphatic heterocycles. The average molecular weight is 453 g/mol. The highest BCUT2D eigenvalue weighted by Crippen LogP contribution is 2.38. The first kappa shape index (κ1) is 22.5. The molecule has 174 valence electrons. The molecular formula is C25H28N2O6. The predicted molar refractivity (Wildman–Crippen MR) is 123 cm³/mol. The molecule has 8 nitrogen and oxygen atoms in total. The van der Waals surface area contributed by atoms with E-state index in [-0.39, 0.29) is 11.8 Å². The number of amides is 2. The van der Waals surface area contributed by atoms with Gasteiger partial charge in [-0.1, -0.05) is 18.2 Å². The van der Waals surface area contributed by atoms with Crippen LogP contribution in [0.15, 0.2) is 46.9 Å². The number of hydrogen-bond acceptors (Lipinski definition) is 6. The van der Waals surface area contributed by atoms with Gasteiger partial charge in [0, 0.05) is 38.0 Å². The van der Waals surface area contributed by atoms with Crippen LogP contribution in [0.25, 0.3) is 11.0 Å². The topological polar surface area (TPSA) is 81.5 Å². The molecule has 1 aromatic heterocycles. The van der Waals surface area contributed by atoms with Crippen molar-refractivity contribution in [1.82, 2.24) is 9.80 Å². The van der Waals surface area contributed by atoms with E-state index in [0.717, 1.165) is 10.9 Å². The molecule has 3 aromatic rings. The highest BCUT2D eigenvalue weighted by molar-refractivity contribution is 5.96. The first-order valence-corrected chi connectivity index (χ1v) is 10.9. The minimum Gasteiger partial charge on any atom is -0.493 e. The number of rotatable bonds is 7. The van der Waals surface area contributed by atoms with E-state index in [0.29, 0.717) is 67.6 Å². The number of piperazine rings is 1. The van der Waals surface area contributed by atoms with Crippen molar-refractivity contribution in [1.29, 1.82) is 0 Å². The van der Waals surface area contributed by atoms with Crippen LogP contribution in [0.3, 0.4) is 0 Å². The van der Waals surface area contributed by atoms with Gasteiger partial charge in [-0.2, -0.15) is 0 Å². The number of fused-ring (bicyclic) bond motifs is 1. The number of benzene rings is 2. The Morgan fingerprint density at radius 2 is 1.52 bits per heavy atom. The second kappa shape index (κ2) is 9.85. The van der Waals surface area contributed by atoms with Crippen LogP contribution < -0.4 is 14.2 Å². The van der Waals surface area contributed by atoms with Gasteiger partial charge in [-0.3, -0.25) is 9.59 Å². The van der Waals surface area contributed by atoms with Crippen LogP contribution in [0.1, 0.15) is 22.5 Å². The fourth-order valence-corrected chi connectivity index (χ4v) is 4.09. The van der Waals surface area contributed by atoms with Gasteiger partial charge in [0.15, 0.2) is 17.3 Å². The summed E-state index contributed by atoms with van der Waals surface area (Å²) in [6, 6.07) is 13.0. The minimum atomic E-state index is -0.143. The first-order valence-electron chi connectivity index (χ1n) is 10.9. The Hall–Kier alpha value is -3.68. The molecule has 2 aromatic carbocycles. The Balaban J connectivity index is 1.33. The van der Waals surface area contributed by atoms with Crippen molar-refractivity contribution in [2.75, 3.05) is 47.5 Å². The zero-order chi connectivity index (χ0) is 23.4. The Kier molecular flexibility index (Phi) is 6.72. The van der Waals surface area contributed by atoms with Crippen molar-refractivity contribution < 1.29 is 28.2 Å². The molecule has 0 atom stereocenters. The molecule has 0 aliphatic carbocycles. The number of carbonyl (C=O) groups excluding carboxylic acids is 2. The van der Waals surface area contributed by atoms with Crippen LogP contribution in [0.5, 0.6) is 17.2 Å². The molecular weight excluding hydrogens is 424 g/mol. The fraction of sp³-hybridized carbons (Fsp3) is 0.360. The van der Waals surface area contributed by atoms with E-state index in [1.54, 1.807) is 37.2 Å². The number of hydrogen-bond donors (Lipinski definition) is 0. The zero-order valence-electron chi connectivity index (χ0n) is 19.1. The maximum atomic E-state index is 12.8. The van der Waals surface area contributed by atoms with Crippen LogP contribution >= 0.6 is 0 Å². The smallest absolute Gasteiger partial charge is 0.289 e. The first-order chi connectivity index (χ1) is 16.0. The summed E-state index contributed by atoms with van der Waals surface area (Å²) in [4.78, 5) is 29.2. The molecule has 0 N–H and O–H groups in total. The summed E-state index contributed by atoms with van der Waals surface area (Å²) in [5.74, 6) is 1.91. The maximum Gasteiger partial charge on any atom is 0.289 e. The predicted octanol–water partition coefficient (Wildman–Crippen LogP) is 3.38. The van der Waals surface area contributed by atoms with Crippen LogP contribution in [0.2, 0.25) is 0 Å². The summed E-state index contributed by atoms with van der Waals surface area (Å²) in [6.07, 6.45) is 0.907. The van der Waals surface area contributed by atoms with E-state index in [1.165, 1.54) is 0 Å². The lowest BCUT2D eigenvalue weighted by Gasteiger charge is -2.34. The number of nitrogens with zero attached hydrogens (tertiary/aromatic N) is 2. The van der Waals surface area contributed by atoms with E-state index < -0.39 is 0 Å². The molecule has 2 heterocycles. The van der Waals surface area contributed by atoms with Crippen molar-refractivity contribution in [2.24, 2.45) is 0 Å². The van der Waals surface area contributed by atoms with E-state index >= 15 is 0 Å². The molecule has 0 radical (unpaired) electrons. The fourth-order valence-electron chi connectivity index (χ4n) is 4.09. The standard InChI is InChI=1S/C25H28N2O6/c1-30-20-14-17(15-21(31-2)24(20)32-3)8-9-23(28)26-10-12-27(13-11-26)25(29)22-16-18-6-4-5-7-19(18)33-22/h4-7,14-16H,8-13H2,1-3H3. The van der Waals surface area contributed by atoms with Gasteiger partial charge in [-0.25, -0.2) is 0 Å². The van der Waals surface area contributed by atoms with E-state index in [4.69, 9.17) is 18.6 Å². The summed E-state index contributed by atoms with van der Waals surface area (Å²) >= 11 is 0. The second-order valence-corrected chi connectivity index (χ2v) is 7.86. The molecule has 0 saturated carbocycles. The lowest BCUT2D eigenvalue weighted by Crippen LogP contribution is -2.50. The third kappa shape index (κ3) is 4.74. The van der Waals surface area contributed by atoms with Crippen molar-refractivity contribution in [3.63, 3.8) is 0 Å². The molecule has 1 aliphatic rings. The minimum absolute atomic E-state index is 0.0552. The summed E-state index contributed by atoms with van der Waals surface area (Å²) in [5, 5.41) is 0.904. The van der Waals surface area contributed by atoms with E-state index in [2.05, 4.69) is 0 Å². The summed E-state index contributed by atoms with van der Waals surface area (Å²) in [7, 11) is 4.69. The lowest BCUT2D eigenvalue weighted by atomic mass is 10.1. The van der Waals surface area contributed by atoms with Gasteiger partial charge >= 0.3 is 0 Å². The maximum absolute atomic E-state index is 12.8. The number of methoxy groups -OCH3 is 3. The largest absolute Gasteiger partial charge is 0.493 e. The number of para-hydroxylation sites is 1. The second-order valence-electron chi connectivity index (χ2n) is 7.86. The van der Waals surface area contributed by atoms with Gasteiger partial charge < -0.3 is 28.4 Å². The van der Waals surface area contributed by atoms with Gasteiger partial charge in [0.05, 0.1) is 21.3 Å². The van der Waals surface area contributed by atoms with E-state index in [9.17, 15) is 9.59 Å². The Morgan fingerprint density at radius 3 is 2.12 bits per heavy atom. The SMILES string of the molecule is COc1cc(CCC(=O)N2CCN(C(=O)c3cc4ccccc4o3)CC2)cc(OC)c1OC. The zero-order valence-corrected chi connectivity index (χ0v) is 19.1. The van der Waals surface area contributed by atoms with Crippen molar-refractivity contribution in [3.05, 3.63) is 53.8 Å². The molecule has 8 heteroatoms. The molecule has 0 unspecified atom stereocenters. The summed E-state index contributed by atoms with van der Waals surface area (Å²) in [6.45, 7) is 1.96. The van der Waals surface area contributed by atoms with E-state index in [1.807, 2.05) is 36.4 Å². The lowest BCUT2D eigenvalue weighted by molar-refractivity contribution is -0.132. The Labute approximate surface area is 192 Å². The van der Waals surface area contributed by atoms with Gasteiger partial charge in [0.25, 0.3) is 5.91 Å². The molecule has 0 bridgehead atoms. The number of aryl methyl sites for hydroxylation is 1. The summed E-state index contributed by atoms with van der Waals surface area (Å²) in [5.41, 5.74) is 1.62. The summed E-state index contributed by atoms with van der Waals surface area (Å²) < 4.78 is 21.8. The third-order valence-corrected chi connectivity index (χ3v) is 5.91. The van der Waals surface area contributed by atoms with Crippen LogP contribution in [0, 0.1) is 0 Å². The monoisotopic (exact) mass is 452 g/mol. The van der Waals surface area contributed by atoms with Crippen LogP contribution in [0.4, 0.5) is 0 Å². The normalized spacial score (nSPS) is 13.8. The molecule has 1 saturated heterocycles. The molecule has 2 amide bonds.